The number of hydrogen-bond acceptors (Lipinski definition) is 6. The average molecular weight is 422 g/mol. The first kappa shape index (κ1) is 22.8. The molecular weight excluding hydrogens is 394 g/mol. The molecule has 29 heavy (non-hydrogen) atoms. The second kappa shape index (κ2) is 9.84. The third-order valence-corrected chi connectivity index (χ3v) is 6.55. The molecule has 0 aliphatic heterocycles. The third kappa shape index (κ3) is 5.33. The molecule has 0 saturated carbocycles. The van der Waals surface area contributed by atoms with Crippen molar-refractivity contribution < 1.29 is 27.5 Å². The topological polar surface area (TPSA) is 91.7 Å². The van der Waals surface area contributed by atoms with Crippen LogP contribution in [0.2, 0.25) is 0 Å². The largest absolute Gasteiger partial charge is 0.454 e. The Bertz CT molecular complexity index is 991. The quantitative estimate of drug-likeness (QED) is 0.333. The molecule has 1 aromatic heterocycles. The Morgan fingerprint density at radius 2 is 1.79 bits per heavy atom. The van der Waals surface area contributed by atoms with Crippen LogP contribution < -0.4 is 0 Å². The predicted molar refractivity (Wildman–Crippen MR) is 109 cm³/mol. The van der Waals surface area contributed by atoms with Crippen molar-refractivity contribution in [3.05, 3.63) is 52.8 Å². The Balaban J connectivity index is 2.13. The molecule has 0 bridgehead atoms. The summed E-state index contributed by atoms with van der Waals surface area (Å²) in [6, 6.07) is 7.62. The van der Waals surface area contributed by atoms with Gasteiger partial charge in [0.1, 0.15) is 0 Å². The average Bonchev–Trinajstić information content (AvgIpc) is 3.00. The molecule has 1 heterocycles. The van der Waals surface area contributed by atoms with Crippen LogP contribution in [-0.4, -0.2) is 50.8 Å². The maximum absolute atomic E-state index is 12.6. The number of nitrogens with zero attached hydrogens (tertiary/aromatic N) is 1. The highest BCUT2D eigenvalue weighted by molar-refractivity contribution is 7.91. The summed E-state index contributed by atoms with van der Waals surface area (Å²) in [6.07, 6.45) is 0.818. The number of rotatable bonds is 10. The van der Waals surface area contributed by atoms with Crippen LogP contribution in [0.3, 0.4) is 0 Å². The van der Waals surface area contributed by atoms with Gasteiger partial charge in [-0.2, -0.15) is 0 Å². The molecule has 0 radical (unpaired) electrons. The van der Waals surface area contributed by atoms with Gasteiger partial charge in [0.2, 0.25) is 5.78 Å². The second-order valence-corrected chi connectivity index (χ2v) is 8.93. The molecular formula is C21H27NO6S. The number of methoxy groups -OCH3 is 1. The Hall–Kier alpha value is -2.45. The number of sulfone groups is 1. The summed E-state index contributed by atoms with van der Waals surface area (Å²) >= 11 is 0. The predicted octanol–water partition coefficient (Wildman–Crippen LogP) is 2.97. The lowest BCUT2D eigenvalue weighted by Gasteiger charge is -2.10. The van der Waals surface area contributed by atoms with Crippen LogP contribution >= 0.6 is 0 Å². The van der Waals surface area contributed by atoms with Gasteiger partial charge in [-0.15, -0.1) is 0 Å². The molecule has 0 spiro atoms. The number of aromatic nitrogens is 1. The summed E-state index contributed by atoms with van der Waals surface area (Å²) in [5.41, 5.74) is 2.16. The van der Waals surface area contributed by atoms with E-state index in [4.69, 9.17) is 9.47 Å². The van der Waals surface area contributed by atoms with Gasteiger partial charge in [0.15, 0.2) is 16.4 Å². The number of carbonyl (C=O) groups excluding carboxylic acids is 2. The smallest absolute Gasteiger partial charge is 0.339 e. The molecule has 0 N–H and O–H groups in total. The number of ether oxygens (including phenoxy) is 2. The van der Waals surface area contributed by atoms with Crippen molar-refractivity contribution in [2.24, 2.45) is 0 Å². The van der Waals surface area contributed by atoms with Crippen LogP contribution in [0.5, 0.6) is 0 Å². The van der Waals surface area contributed by atoms with Gasteiger partial charge in [0.05, 0.1) is 16.2 Å². The van der Waals surface area contributed by atoms with Gasteiger partial charge in [-0.05, 0) is 38.5 Å². The van der Waals surface area contributed by atoms with E-state index in [0.29, 0.717) is 12.2 Å². The van der Waals surface area contributed by atoms with Gasteiger partial charge in [0.25, 0.3) is 0 Å². The van der Waals surface area contributed by atoms with Crippen LogP contribution in [0.4, 0.5) is 0 Å². The van der Waals surface area contributed by atoms with E-state index in [-0.39, 0.29) is 22.0 Å². The maximum Gasteiger partial charge on any atom is 0.339 e. The van der Waals surface area contributed by atoms with Crippen molar-refractivity contribution >= 4 is 21.6 Å². The molecule has 0 atom stereocenters. The first-order valence-corrected chi connectivity index (χ1v) is 11.1. The van der Waals surface area contributed by atoms with Crippen LogP contribution in [0, 0.1) is 13.8 Å². The van der Waals surface area contributed by atoms with Gasteiger partial charge in [-0.25, -0.2) is 13.2 Å². The number of esters is 1. The highest BCUT2D eigenvalue weighted by Crippen LogP contribution is 2.19. The Labute approximate surface area is 171 Å². The number of hydrogen-bond donors (Lipinski definition) is 0. The minimum atomic E-state index is -3.58. The second-order valence-electron chi connectivity index (χ2n) is 6.68. The van der Waals surface area contributed by atoms with E-state index in [1.54, 1.807) is 25.3 Å². The number of carbonyl (C=O) groups is 2. The molecule has 0 aliphatic rings. The molecule has 0 amide bonds. The number of ketones is 1. The molecule has 0 aliphatic carbocycles. The lowest BCUT2D eigenvalue weighted by molar-refractivity contribution is 0.0470. The fourth-order valence-electron chi connectivity index (χ4n) is 3.14. The highest BCUT2D eigenvalue weighted by Gasteiger charge is 2.23. The van der Waals surface area contributed by atoms with Gasteiger partial charge in [-0.1, -0.05) is 19.1 Å². The minimum Gasteiger partial charge on any atom is -0.454 e. The zero-order valence-electron chi connectivity index (χ0n) is 17.2. The summed E-state index contributed by atoms with van der Waals surface area (Å²) < 4.78 is 36.6. The van der Waals surface area contributed by atoms with E-state index >= 15 is 0 Å². The first-order valence-electron chi connectivity index (χ1n) is 9.40. The zero-order chi connectivity index (χ0) is 21.6. The van der Waals surface area contributed by atoms with Crippen molar-refractivity contribution in [3.63, 3.8) is 0 Å². The van der Waals surface area contributed by atoms with Crippen LogP contribution in [0.25, 0.3) is 0 Å². The lowest BCUT2D eigenvalue weighted by Crippen LogP contribution is -2.18. The maximum atomic E-state index is 12.6. The van der Waals surface area contributed by atoms with Crippen molar-refractivity contribution in [2.45, 2.75) is 38.6 Å². The third-order valence-electron chi connectivity index (χ3n) is 4.76. The summed E-state index contributed by atoms with van der Waals surface area (Å²) in [5, 5.41) is 0. The molecule has 8 heteroatoms. The number of aryl methyl sites for hydroxylation is 1. The SMILES string of the molecule is CCS(=O)(=O)c1ccccc1C(=O)OCC(=O)c1cc(C)n(CCCOC)c1C. The van der Waals surface area contributed by atoms with Crippen molar-refractivity contribution in [1.82, 2.24) is 4.57 Å². The van der Waals surface area contributed by atoms with Gasteiger partial charge >= 0.3 is 5.97 Å². The van der Waals surface area contributed by atoms with Crippen LogP contribution in [0.1, 0.15) is 45.4 Å². The fraction of sp³-hybridized carbons (Fsp3) is 0.429. The lowest BCUT2D eigenvalue weighted by atomic mass is 10.1. The normalized spacial score (nSPS) is 11.4. The highest BCUT2D eigenvalue weighted by atomic mass is 32.2. The molecule has 0 saturated heterocycles. The summed E-state index contributed by atoms with van der Waals surface area (Å²) in [7, 11) is -1.94. The number of Topliss-reactive ketones (excluding diaryl/α,β-unsaturated/α-hetero) is 1. The van der Waals surface area contributed by atoms with E-state index < -0.39 is 22.4 Å². The van der Waals surface area contributed by atoms with Crippen molar-refractivity contribution in [2.75, 3.05) is 26.1 Å². The number of benzene rings is 1. The van der Waals surface area contributed by atoms with Gasteiger partial charge < -0.3 is 14.0 Å². The molecule has 2 rings (SSSR count). The molecule has 2 aromatic rings. The monoisotopic (exact) mass is 421 g/mol. The van der Waals surface area contributed by atoms with E-state index in [2.05, 4.69) is 0 Å². The van der Waals surface area contributed by atoms with E-state index in [1.165, 1.54) is 19.1 Å². The molecule has 0 unspecified atom stereocenters. The fourth-order valence-corrected chi connectivity index (χ4v) is 4.23. The first-order chi connectivity index (χ1) is 13.7. The summed E-state index contributed by atoms with van der Waals surface area (Å²) in [5.74, 6) is -1.30. The van der Waals surface area contributed by atoms with Crippen molar-refractivity contribution in [3.8, 4) is 0 Å². The Kier molecular flexibility index (Phi) is 7.75. The standard InChI is InChI=1S/C21H27NO6S/c1-5-29(25,26)20-10-7-6-9-17(20)21(24)28-14-19(23)18-13-15(2)22(16(18)3)11-8-12-27-4/h6-7,9-10,13H,5,8,11-12,14H2,1-4H3. The summed E-state index contributed by atoms with van der Waals surface area (Å²) in [6.45, 7) is 6.15. The molecule has 158 valence electrons. The molecule has 1 aromatic carbocycles. The Morgan fingerprint density at radius 1 is 1.10 bits per heavy atom. The van der Waals surface area contributed by atoms with Crippen LogP contribution in [0.15, 0.2) is 35.2 Å². The summed E-state index contributed by atoms with van der Waals surface area (Å²) in [4.78, 5) is 25.0. The zero-order valence-corrected chi connectivity index (χ0v) is 18.0. The Morgan fingerprint density at radius 3 is 2.45 bits per heavy atom. The van der Waals surface area contributed by atoms with E-state index in [1.807, 2.05) is 18.4 Å². The van der Waals surface area contributed by atoms with Gasteiger partial charge in [-0.3, -0.25) is 4.79 Å². The molecule has 0 fully saturated rings. The van der Waals surface area contributed by atoms with E-state index in [0.717, 1.165) is 24.4 Å². The molecule has 7 nitrogen and oxygen atoms in total. The van der Waals surface area contributed by atoms with Crippen molar-refractivity contribution in [1.29, 1.82) is 0 Å². The van der Waals surface area contributed by atoms with Crippen LogP contribution in [-0.2, 0) is 25.9 Å². The van der Waals surface area contributed by atoms with E-state index in [9.17, 15) is 18.0 Å². The van der Waals surface area contributed by atoms with Gasteiger partial charge in [0, 0.05) is 37.2 Å². The minimum absolute atomic E-state index is 0.0628.